The van der Waals surface area contributed by atoms with Crippen LogP contribution in [0.4, 0.5) is 11.4 Å². The second-order valence-electron chi connectivity index (χ2n) is 6.91. The SMILES string of the molecule is CCC(=O)N1CCc2cc(Br)c(S(=O)(=O)CCC(=O)Nc3ccc(OC)cc3)cc21. The number of methoxy groups -OCH3 is 1. The van der Waals surface area contributed by atoms with Gasteiger partial charge in [0.15, 0.2) is 9.84 Å². The lowest BCUT2D eigenvalue weighted by Crippen LogP contribution is -2.28. The number of hydrogen-bond acceptors (Lipinski definition) is 5. The van der Waals surface area contributed by atoms with E-state index in [2.05, 4.69) is 21.2 Å². The maximum Gasteiger partial charge on any atom is 0.226 e. The van der Waals surface area contributed by atoms with Gasteiger partial charge < -0.3 is 15.0 Å². The lowest BCUT2D eigenvalue weighted by Gasteiger charge is -2.18. The molecule has 0 aromatic heterocycles. The van der Waals surface area contributed by atoms with Gasteiger partial charge in [0, 0.05) is 35.2 Å². The van der Waals surface area contributed by atoms with Crippen LogP contribution in [0.2, 0.25) is 0 Å². The monoisotopic (exact) mass is 494 g/mol. The molecule has 1 aliphatic heterocycles. The number of benzene rings is 2. The van der Waals surface area contributed by atoms with E-state index in [-0.39, 0.29) is 23.0 Å². The summed E-state index contributed by atoms with van der Waals surface area (Å²) in [7, 11) is -2.18. The molecule has 0 saturated carbocycles. The molecule has 2 aromatic rings. The smallest absolute Gasteiger partial charge is 0.226 e. The summed E-state index contributed by atoms with van der Waals surface area (Å²) in [4.78, 5) is 26.1. The van der Waals surface area contributed by atoms with Crippen LogP contribution in [0.15, 0.2) is 45.8 Å². The summed E-state index contributed by atoms with van der Waals surface area (Å²) in [5.41, 5.74) is 2.12. The minimum Gasteiger partial charge on any atom is -0.497 e. The van der Waals surface area contributed by atoms with Gasteiger partial charge in [-0.25, -0.2) is 8.42 Å². The second-order valence-corrected chi connectivity index (χ2v) is 9.84. The Kier molecular flexibility index (Phi) is 6.82. The van der Waals surface area contributed by atoms with Gasteiger partial charge in [0.2, 0.25) is 11.8 Å². The van der Waals surface area contributed by atoms with Gasteiger partial charge in [-0.05, 0) is 64.3 Å². The molecule has 1 N–H and O–H groups in total. The Morgan fingerprint density at radius 2 is 1.90 bits per heavy atom. The normalized spacial score (nSPS) is 13.1. The van der Waals surface area contributed by atoms with Crippen molar-refractivity contribution in [3.05, 3.63) is 46.4 Å². The number of anilines is 2. The minimum atomic E-state index is -3.73. The summed E-state index contributed by atoms with van der Waals surface area (Å²) >= 11 is 3.34. The van der Waals surface area contributed by atoms with Crippen molar-refractivity contribution in [2.24, 2.45) is 0 Å². The maximum atomic E-state index is 12.9. The van der Waals surface area contributed by atoms with E-state index in [1.807, 2.05) is 0 Å². The molecule has 0 aliphatic carbocycles. The van der Waals surface area contributed by atoms with Crippen molar-refractivity contribution in [1.29, 1.82) is 0 Å². The highest BCUT2D eigenvalue weighted by Crippen LogP contribution is 2.36. The quantitative estimate of drug-likeness (QED) is 0.634. The van der Waals surface area contributed by atoms with Crippen LogP contribution in [0.1, 0.15) is 25.3 Å². The lowest BCUT2D eigenvalue weighted by atomic mass is 10.2. The topological polar surface area (TPSA) is 92.8 Å². The summed E-state index contributed by atoms with van der Waals surface area (Å²) in [6, 6.07) is 10.1. The molecule has 0 radical (unpaired) electrons. The van der Waals surface area contributed by atoms with Crippen LogP contribution >= 0.6 is 15.9 Å². The summed E-state index contributed by atoms with van der Waals surface area (Å²) < 4.78 is 31.3. The molecule has 0 fully saturated rings. The van der Waals surface area contributed by atoms with Crippen molar-refractivity contribution in [3.63, 3.8) is 0 Å². The van der Waals surface area contributed by atoms with Crippen LogP contribution < -0.4 is 15.0 Å². The number of fused-ring (bicyclic) bond motifs is 1. The van der Waals surface area contributed by atoms with Gasteiger partial charge in [0.1, 0.15) is 5.75 Å². The highest BCUT2D eigenvalue weighted by Gasteiger charge is 2.28. The molecule has 1 aliphatic rings. The fourth-order valence-electron chi connectivity index (χ4n) is 3.31. The molecule has 0 unspecified atom stereocenters. The second kappa shape index (κ2) is 9.18. The number of hydrogen-bond donors (Lipinski definition) is 1. The third-order valence-corrected chi connectivity index (χ3v) is 7.61. The van der Waals surface area contributed by atoms with Crippen LogP contribution in [0.5, 0.6) is 5.75 Å². The third-order valence-electron chi connectivity index (χ3n) is 4.94. The third kappa shape index (κ3) is 4.84. The van der Waals surface area contributed by atoms with Gasteiger partial charge in [-0.15, -0.1) is 0 Å². The van der Waals surface area contributed by atoms with Crippen LogP contribution in [0, 0.1) is 0 Å². The highest BCUT2D eigenvalue weighted by atomic mass is 79.9. The molecule has 0 bridgehead atoms. The van der Waals surface area contributed by atoms with E-state index in [1.54, 1.807) is 49.3 Å². The fourth-order valence-corrected chi connectivity index (χ4v) is 5.76. The van der Waals surface area contributed by atoms with E-state index in [0.29, 0.717) is 41.0 Å². The zero-order valence-corrected chi connectivity index (χ0v) is 19.2. The number of nitrogens with one attached hydrogen (secondary N) is 1. The number of rotatable bonds is 7. The Balaban J connectivity index is 1.72. The van der Waals surface area contributed by atoms with E-state index >= 15 is 0 Å². The summed E-state index contributed by atoms with van der Waals surface area (Å²) in [6.07, 6.45) is 0.850. The summed E-state index contributed by atoms with van der Waals surface area (Å²) in [5.74, 6) is -0.122. The van der Waals surface area contributed by atoms with E-state index in [4.69, 9.17) is 4.74 Å². The largest absolute Gasteiger partial charge is 0.497 e. The van der Waals surface area contributed by atoms with Gasteiger partial charge in [-0.2, -0.15) is 0 Å². The van der Waals surface area contributed by atoms with Crippen LogP contribution in [-0.4, -0.2) is 39.6 Å². The first-order valence-corrected chi connectivity index (χ1v) is 12.0. The fraction of sp³-hybridized carbons (Fsp3) is 0.333. The van der Waals surface area contributed by atoms with Crippen molar-refractivity contribution in [1.82, 2.24) is 0 Å². The molecular weight excluding hydrogens is 472 g/mol. The molecule has 9 heteroatoms. The van der Waals surface area contributed by atoms with Crippen molar-refractivity contribution >= 4 is 49.0 Å². The first kappa shape index (κ1) is 22.3. The molecule has 3 rings (SSSR count). The zero-order chi connectivity index (χ0) is 21.9. The predicted molar refractivity (Wildman–Crippen MR) is 119 cm³/mol. The number of halogens is 1. The highest BCUT2D eigenvalue weighted by molar-refractivity contribution is 9.10. The Morgan fingerprint density at radius 1 is 1.20 bits per heavy atom. The minimum absolute atomic E-state index is 0.0433. The van der Waals surface area contributed by atoms with Gasteiger partial charge in [-0.3, -0.25) is 9.59 Å². The number of amides is 2. The van der Waals surface area contributed by atoms with E-state index in [0.717, 1.165) is 5.56 Å². The molecule has 2 aromatic carbocycles. The molecular formula is C21H23BrN2O5S. The van der Waals surface area contributed by atoms with Crippen LogP contribution in [0.3, 0.4) is 0 Å². The number of sulfone groups is 1. The van der Waals surface area contributed by atoms with Gasteiger partial charge >= 0.3 is 0 Å². The molecule has 0 atom stereocenters. The van der Waals surface area contributed by atoms with Gasteiger partial charge in [0.05, 0.1) is 17.8 Å². The number of carbonyl (C=O) groups excluding carboxylic acids is 2. The van der Waals surface area contributed by atoms with E-state index < -0.39 is 15.7 Å². The summed E-state index contributed by atoms with van der Waals surface area (Å²) in [5, 5.41) is 2.68. The molecule has 0 spiro atoms. The van der Waals surface area contributed by atoms with Crippen molar-refractivity contribution in [3.8, 4) is 5.75 Å². The molecule has 2 amide bonds. The first-order valence-electron chi connectivity index (χ1n) is 9.54. The zero-order valence-electron chi connectivity index (χ0n) is 16.8. The average Bonchev–Trinajstić information content (AvgIpc) is 3.14. The Bertz CT molecular complexity index is 1070. The van der Waals surface area contributed by atoms with Gasteiger partial charge in [0.25, 0.3) is 0 Å². The standard InChI is InChI=1S/C21H23BrN2O5S/c1-3-21(26)24-10-8-14-12-17(22)19(13-18(14)24)30(27,28)11-9-20(25)23-15-4-6-16(29-2)7-5-15/h4-7,12-13H,3,8-11H2,1-2H3,(H,23,25). The van der Waals surface area contributed by atoms with Gasteiger partial charge in [-0.1, -0.05) is 6.92 Å². The molecule has 1 heterocycles. The lowest BCUT2D eigenvalue weighted by molar-refractivity contribution is -0.118. The number of nitrogens with zero attached hydrogens (tertiary/aromatic N) is 1. The van der Waals surface area contributed by atoms with E-state index in [1.165, 1.54) is 6.07 Å². The molecule has 0 saturated heterocycles. The molecule has 7 nitrogen and oxygen atoms in total. The van der Waals surface area contributed by atoms with Crippen molar-refractivity contribution in [2.75, 3.05) is 29.6 Å². The Hall–Kier alpha value is -2.39. The summed E-state index contributed by atoms with van der Waals surface area (Å²) in [6.45, 7) is 2.32. The maximum absolute atomic E-state index is 12.9. The molecule has 160 valence electrons. The Morgan fingerprint density at radius 3 is 2.53 bits per heavy atom. The van der Waals surface area contributed by atoms with Crippen LogP contribution in [-0.2, 0) is 25.8 Å². The Labute approximate surface area is 184 Å². The number of carbonyl (C=O) groups is 2. The average molecular weight is 495 g/mol. The van der Waals surface area contributed by atoms with Crippen LogP contribution in [0.25, 0.3) is 0 Å². The van der Waals surface area contributed by atoms with Crippen molar-refractivity contribution in [2.45, 2.75) is 31.1 Å². The van der Waals surface area contributed by atoms with Crippen molar-refractivity contribution < 1.29 is 22.7 Å². The predicted octanol–water partition coefficient (Wildman–Crippen LogP) is 3.56. The molecule has 30 heavy (non-hydrogen) atoms. The van der Waals surface area contributed by atoms with E-state index in [9.17, 15) is 18.0 Å². The number of ether oxygens (including phenoxy) is 1. The first-order chi connectivity index (χ1) is 14.2.